The summed E-state index contributed by atoms with van der Waals surface area (Å²) in [6, 6.07) is 8.52. The Morgan fingerprint density at radius 2 is 2.23 bits per heavy atom. The molecule has 2 aliphatic rings. The van der Waals surface area contributed by atoms with E-state index in [1.165, 1.54) is 11.1 Å². The highest BCUT2D eigenvalue weighted by atomic mass is 16.2. The van der Waals surface area contributed by atoms with Gasteiger partial charge in [-0.05, 0) is 30.5 Å². The fraction of sp³-hybridized carbons (Fsp3) is 0.412. The molecule has 1 aromatic heterocycles. The van der Waals surface area contributed by atoms with Crippen molar-refractivity contribution in [3.05, 3.63) is 53.3 Å². The second-order valence-electron chi connectivity index (χ2n) is 6.30. The lowest BCUT2D eigenvalue weighted by Crippen LogP contribution is -2.38. The van der Waals surface area contributed by atoms with Crippen LogP contribution in [0.1, 0.15) is 28.7 Å². The van der Waals surface area contributed by atoms with E-state index < -0.39 is 0 Å². The third kappa shape index (κ3) is 2.04. The van der Waals surface area contributed by atoms with Crippen molar-refractivity contribution in [2.45, 2.75) is 24.4 Å². The van der Waals surface area contributed by atoms with E-state index in [0.717, 1.165) is 12.0 Å². The zero-order chi connectivity index (χ0) is 15.3. The third-order valence-corrected chi connectivity index (χ3v) is 4.96. The lowest BCUT2D eigenvalue weighted by molar-refractivity contribution is -0.123. The lowest BCUT2D eigenvalue weighted by Gasteiger charge is -2.16. The number of nitrogens with zero attached hydrogens (tertiary/aromatic N) is 2. The number of rotatable bonds is 4. The zero-order valence-corrected chi connectivity index (χ0v) is 12.8. The van der Waals surface area contributed by atoms with Crippen LogP contribution in [0.2, 0.25) is 0 Å². The van der Waals surface area contributed by atoms with Crippen molar-refractivity contribution in [1.29, 1.82) is 0 Å². The molecule has 0 spiro atoms. The van der Waals surface area contributed by atoms with Crippen LogP contribution in [0.3, 0.4) is 0 Å². The summed E-state index contributed by atoms with van der Waals surface area (Å²) in [6.45, 7) is 0. The minimum absolute atomic E-state index is 0.0346. The highest BCUT2D eigenvalue weighted by molar-refractivity contribution is 5.84. The van der Waals surface area contributed by atoms with Gasteiger partial charge in [0.25, 0.3) is 0 Å². The number of likely N-dealkylation sites (N-methyl/N-ethyl adjacent to an activating group) is 1. The average molecular weight is 296 g/mol. The first-order valence-corrected chi connectivity index (χ1v) is 7.73. The summed E-state index contributed by atoms with van der Waals surface area (Å²) in [5, 5.41) is 10.4. The van der Waals surface area contributed by atoms with Gasteiger partial charge in [-0.3, -0.25) is 9.48 Å². The zero-order valence-electron chi connectivity index (χ0n) is 12.8. The standard InChI is InChI=1S/C17H20N4O/c1-18-15(11-8-19-21(2)9-11)17(22)20-16-13-7-10-5-3-4-6-12(10)14(13)16/h3-6,8-9,13-16,18H,7H2,1-2H3,(H,20,22). The number of aromatic nitrogens is 2. The Hall–Kier alpha value is -2.14. The van der Waals surface area contributed by atoms with E-state index in [1.54, 1.807) is 17.9 Å². The number of carbonyl (C=O) groups is 1. The minimum Gasteiger partial charge on any atom is -0.351 e. The SMILES string of the molecule is CNC(C(=O)NC1C2Cc3ccccc3C21)c1cnn(C)c1. The highest BCUT2D eigenvalue weighted by Gasteiger charge is 2.56. The van der Waals surface area contributed by atoms with Crippen molar-refractivity contribution in [3.63, 3.8) is 0 Å². The summed E-state index contributed by atoms with van der Waals surface area (Å²) in [5.41, 5.74) is 3.76. The monoisotopic (exact) mass is 296 g/mol. The van der Waals surface area contributed by atoms with Crippen LogP contribution in [0.4, 0.5) is 0 Å². The molecule has 4 atom stereocenters. The Labute approximate surface area is 129 Å². The molecule has 2 aliphatic carbocycles. The summed E-state index contributed by atoms with van der Waals surface area (Å²) in [6.07, 6.45) is 4.70. The van der Waals surface area contributed by atoms with E-state index in [4.69, 9.17) is 0 Å². The van der Waals surface area contributed by atoms with Gasteiger partial charge in [0.15, 0.2) is 0 Å². The van der Waals surface area contributed by atoms with Crippen LogP contribution in [-0.2, 0) is 18.3 Å². The van der Waals surface area contributed by atoms with Crippen LogP contribution < -0.4 is 10.6 Å². The summed E-state index contributed by atoms with van der Waals surface area (Å²) >= 11 is 0. The third-order valence-electron chi connectivity index (χ3n) is 4.96. The molecule has 114 valence electrons. The maximum Gasteiger partial charge on any atom is 0.242 e. The van der Waals surface area contributed by atoms with E-state index >= 15 is 0 Å². The number of aryl methyl sites for hydroxylation is 1. The normalized spacial score (nSPS) is 26.2. The lowest BCUT2D eigenvalue weighted by atomic mass is 10.0. The predicted octanol–water partition coefficient (Wildman–Crippen LogP) is 1.14. The van der Waals surface area contributed by atoms with Crippen molar-refractivity contribution in [1.82, 2.24) is 20.4 Å². The second kappa shape index (κ2) is 4.95. The molecule has 5 nitrogen and oxygen atoms in total. The largest absolute Gasteiger partial charge is 0.351 e. The first-order chi connectivity index (χ1) is 10.7. The van der Waals surface area contributed by atoms with Gasteiger partial charge >= 0.3 is 0 Å². The first kappa shape index (κ1) is 13.5. The number of amides is 1. The molecule has 0 bridgehead atoms. The van der Waals surface area contributed by atoms with Gasteiger partial charge < -0.3 is 10.6 Å². The van der Waals surface area contributed by atoms with E-state index in [2.05, 4.69) is 40.0 Å². The van der Waals surface area contributed by atoms with Gasteiger partial charge in [0, 0.05) is 30.8 Å². The molecule has 2 aromatic rings. The first-order valence-electron chi connectivity index (χ1n) is 7.73. The Bertz CT molecular complexity index is 723. The Balaban J connectivity index is 1.46. The molecule has 2 N–H and O–H groups in total. The Morgan fingerprint density at radius 1 is 1.41 bits per heavy atom. The summed E-state index contributed by atoms with van der Waals surface area (Å²) < 4.78 is 1.72. The van der Waals surface area contributed by atoms with Crippen molar-refractivity contribution in [2.24, 2.45) is 13.0 Å². The maximum absolute atomic E-state index is 12.6. The van der Waals surface area contributed by atoms with E-state index in [9.17, 15) is 4.79 Å². The average Bonchev–Trinajstić information content (AvgIpc) is 2.87. The second-order valence-corrected chi connectivity index (χ2v) is 6.30. The van der Waals surface area contributed by atoms with Crippen LogP contribution in [0, 0.1) is 5.92 Å². The molecule has 0 radical (unpaired) electrons. The number of benzene rings is 1. The van der Waals surface area contributed by atoms with Gasteiger partial charge in [-0.15, -0.1) is 0 Å². The molecule has 1 amide bonds. The Morgan fingerprint density at radius 3 is 2.95 bits per heavy atom. The van der Waals surface area contributed by atoms with Gasteiger partial charge in [0.2, 0.25) is 5.91 Å². The van der Waals surface area contributed by atoms with Crippen molar-refractivity contribution in [3.8, 4) is 0 Å². The van der Waals surface area contributed by atoms with Crippen molar-refractivity contribution >= 4 is 5.91 Å². The van der Waals surface area contributed by atoms with Crippen LogP contribution in [0.25, 0.3) is 0 Å². The van der Waals surface area contributed by atoms with E-state index in [0.29, 0.717) is 11.8 Å². The van der Waals surface area contributed by atoms with E-state index in [-0.39, 0.29) is 18.0 Å². The number of fused-ring (bicyclic) bond motifs is 3. The smallest absolute Gasteiger partial charge is 0.242 e. The molecular formula is C17H20N4O. The topological polar surface area (TPSA) is 59.0 Å². The van der Waals surface area contributed by atoms with Crippen molar-refractivity contribution in [2.75, 3.05) is 7.05 Å². The van der Waals surface area contributed by atoms with Gasteiger partial charge in [-0.25, -0.2) is 0 Å². The summed E-state index contributed by atoms with van der Waals surface area (Å²) in [4.78, 5) is 12.6. The van der Waals surface area contributed by atoms with Gasteiger partial charge in [0.05, 0.1) is 6.20 Å². The minimum atomic E-state index is -0.342. The highest BCUT2D eigenvalue weighted by Crippen LogP contribution is 2.56. The van der Waals surface area contributed by atoms with E-state index in [1.807, 2.05) is 13.2 Å². The number of nitrogens with one attached hydrogen (secondary N) is 2. The molecule has 0 saturated heterocycles. The molecule has 22 heavy (non-hydrogen) atoms. The quantitative estimate of drug-likeness (QED) is 0.889. The van der Waals surface area contributed by atoms with Crippen LogP contribution in [0.15, 0.2) is 36.7 Å². The molecular weight excluding hydrogens is 276 g/mol. The van der Waals surface area contributed by atoms with Crippen molar-refractivity contribution < 1.29 is 4.79 Å². The van der Waals surface area contributed by atoms with Crippen LogP contribution >= 0.6 is 0 Å². The number of hydrogen-bond donors (Lipinski definition) is 2. The Kier molecular flexibility index (Phi) is 3.04. The maximum atomic E-state index is 12.6. The molecule has 4 rings (SSSR count). The fourth-order valence-corrected chi connectivity index (χ4v) is 3.83. The predicted molar refractivity (Wildman–Crippen MR) is 83.3 cm³/mol. The number of carbonyl (C=O) groups excluding carboxylic acids is 1. The van der Waals surface area contributed by atoms with Crippen LogP contribution in [-0.4, -0.2) is 28.8 Å². The molecule has 1 aromatic carbocycles. The van der Waals surface area contributed by atoms with Gasteiger partial charge in [-0.1, -0.05) is 24.3 Å². The number of hydrogen-bond acceptors (Lipinski definition) is 3. The molecule has 0 aliphatic heterocycles. The summed E-state index contributed by atoms with van der Waals surface area (Å²) in [5.74, 6) is 1.12. The molecule has 1 fully saturated rings. The fourth-order valence-electron chi connectivity index (χ4n) is 3.83. The molecule has 5 heteroatoms. The van der Waals surface area contributed by atoms with Crippen LogP contribution in [0.5, 0.6) is 0 Å². The summed E-state index contributed by atoms with van der Waals surface area (Å²) in [7, 11) is 3.66. The van der Waals surface area contributed by atoms with Gasteiger partial charge in [0.1, 0.15) is 6.04 Å². The molecule has 4 unspecified atom stereocenters. The van der Waals surface area contributed by atoms with Gasteiger partial charge in [-0.2, -0.15) is 5.10 Å². The molecule has 1 saturated carbocycles. The molecule has 1 heterocycles.